The van der Waals surface area contributed by atoms with Crippen molar-refractivity contribution in [2.45, 2.75) is 44.1 Å². The summed E-state index contributed by atoms with van der Waals surface area (Å²) in [5.41, 5.74) is 0.530. The molecule has 2 aliphatic heterocycles. The minimum Gasteiger partial charge on any atom is -0.340 e. The molecule has 2 saturated heterocycles. The van der Waals surface area contributed by atoms with Gasteiger partial charge in [0, 0.05) is 25.0 Å². The molecule has 4 rings (SSSR count). The number of thiophene rings is 1. The summed E-state index contributed by atoms with van der Waals surface area (Å²) in [4.78, 5) is 29.4. The minimum absolute atomic E-state index is 0.113. The Kier molecular flexibility index (Phi) is 3.48. The third kappa shape index (κ3) is 2.45. The van der Waals surface area contributed by atoms with Crippen molar-refractivity contribution in [3.63, 3.8) is 0 Å². The Labute approximate surface area is 135 Å². The number of amides is 2. The molecule has 1 aliphatic carbocycles. The summed E-state index contributed by atoms with van der Waals surface area (Å²) in [7, 11) is 0. The molecule has 118 valence electrons. The molecule has 0 bridgehead atoms. The second kappa shape index (κ2) is 5.37. The van der Waals surface area contributed by atoms with Gasteiger partial charge in [-0.3, -0.25) is 9.59 Å². The first-order valence-electron chi connectivity index (χ1n) is 8.30. The molecule has 1 atom stereocenters. The first-order valence-corrected chi connectivity index (χ1v) is 9.24. The smallest absolute Gasteiger partial charge is 0.255 e. The fourth-order valence-corrected chi connectivity index (χ4v) is 4.60. The maximum absolute atomic E-state index is 12.9. The Morgan fingerprint density at radius 3 is 2.95 bits per heavy atom. The van der Waals surface area contributed by atoms with E-state index in [1.54, 1.807) is 11.3 Å². The van der Waals surface area contributed by atoms with Crippen molar-refractivity contribution in [3.8, 4) is 0 Å². The largest absolute Gasteiger partial charge is 0.340 e. The maximum atomic E-state index is 12.9. The van der Waals surface area contributed by atoms with Crippen LogP contribution in [0.1, 0.15) is 48.9 Å². The molecule has 5 heteroatoms. The molecular formula is C17H22N2O2S. The second-order valence-electron chi connectivity index (χ2n) is 7.04. The van der Waals surface area contributed by atoms with Crippen LogP contribution in [0.25, 0.3) is 0 Å². The minimum atomic E-state index is -0.247. The molecule has 0 N–H and O–H groups in total. The van der Waals surface area contributed by atoms with E-state index in [4.69, 9.17) is 0 Å². The van der Waals surface area contributed by atoms with Crippen LogP contribution >= 0.6 is 11.3 Å². The van der Waals surface area contributed by atoms with E-state index in [1.165, 1.54) is 12.8 Å². The van der Waals surface area contributed by atoms with E-state index in [9.17, 15) is 9.59 Å². The summed E-state index contributed by atoms with van der Waals surface area (Å²) in [6.45, 7) is 2.44. The highest BCUT2D eigenvalue weighted by molar-refractivity contribution is 7.08. The van der Waals surface area contributed by atoms with Gasteiger partial charge in [-0.05, 0) is 49.5 Å². The highest BCUT2D eigenvalue weighted by Gasteiger charge is 2.50. The van der Waals surface area contributed by atoms with Crippen molar-refractivity contribution in [1.82, 2.24) is 9.80 Å². The molecule has 0 unspecified atom stereocenters. The van der Waals surface area contributed by atoms with Crippen LogP contribution in [0.4, 0.5) is 0 Å². The monoisotopic (exact) mass is 318 g/mol. The molecule has 1 aromatic heterocycles. The highest BCUT2D eigenvalue weighted by Crippen LogP contribution is 2.40. The van der Waals surface area contributed by atoms with E-state index in [2.05, 4.69) is 0 Å². The van der Waals surface area contributed by atoms with E-state index in [0.29, 0.717) is 12.3 Å². The SMILES string of the molecule is O=C1C[C@@]2(CCCCN2C(=O)c2ccsc2)CN1CC1CC1. The Morgan fingerprint density at radius 2 is 2.23 bits per heavy atom. The fourth-order valence-electron chi connectivity index (χ4n) is 3.97. The van der Waals surface area contributed by atoms with Crippen LogP contribution in [0, 0.1) is 5.92 Å². The van der Waals surface area contributed by atoms with Crippen LogP contribution in [0.15, 0.2) is 16.8 Å². The number of piperidine rings is 1. The average Bonchev–Trinajstić information content (AvgIpc) is 3.05. The van der Waals surface area contributed by atoms with Gasteiger partial charge in [-0.1, -0.05) is 0 Å². The van der Waals surface area contributed by atoms with Gasteiger partial charge in [0.25, 0.3) is 5.91 Å². The highest BCUT2D eigenvalue weighted by atomic mass is 32.1. The summed E-state index contributed by atoms with van der Waals surface area (Å²) in [5.74, 6) is 1.07. The predicted octanol–water partition coefficient (Wildman–Crippen LogP) is 2.76. The van der Waals surface area contributed by atoms with Gasteiger partial charge in [-0.2, -0.15) is 11.3 Å². The summed E-state index contributed by atoms with van der Waals surface area (Å²) in [5, 5.41) is 3.87. The Hall–Kier alpha value is -1.36. The third-order valence-corrected chi connectivity index (χ3v) is 6.04. The van der Waals surface area contributed by atoms with Crippen LogP contribution in [0.3, 0.4) is 0 Å². The summed E-state index contributed by atoms with van der Waals surface area (Å²) in [6.07, 6.45) is 6.18. The first-order chi connectivity index (χ1) is 10.7. The van der Waals surface area contributed by atoms with Crippen molar-refractivity contribution in [2.24, 2.45) is 5.92 Å². The lowest BCUT2D eigenvalue weighted by molar-refractivity contribution is -0.128. The Morgan fingerprint density at radius 1 is 1.36 bits per heavy atom. The number of hydrogen-bond donors (Lipinski definition) is 0. The topological polar surface area (TPSA) is 40.6 Å². The predicted molar refractivity (Wildman–Crippen MR) is 85.9 cm³/mol. The summed E-state index contributed by atoms with van der Waals surface area (Å²) >= 11 is 1.56. The van der Waals surface area contributed by atoms with E-state index < -0.39 is 0 Å². The zero-order chi connectivity index (χ0) is 15.2. The third-order valence-electron chi connectivity index (χ3n) is 5.35. The van der Waals surface area contributed by atoms with Gasteiger partial charge < -0.3 is 9.80 Å². The molecule has 4 nitrogen and oxygen atoms in total. The van der Waals surface area contributed by atoms with Crippen LogP contribution in [-0.2, 0) is 4.79 Å². The van der Waals surface area contributed by atoms with Crippen molar-refractivity contribution in [2.75, 3.05) is 19.6 Å². The maximum Gasteiger partial charge on any atom is 0.255 e. The molecule has 22 heavy (non-hydrogen) atoms. The van der Waals surface area contributed by atoms with E-state index >= 15 is 0 Å². The van der Waals surface area contributed by atoms with Crippen molar-refractivity contribution in [3.05, 3.63) is 22.4 Å². The number of rotatable bonds is 3. The molecule has 3 aliphatic rings. The molecule has 1 spiro atoms. The van der Waals surface area contributed by atoms with Gasteiger partial charge in [-0.15, -0.1) is 0 Å². The lowest BCUT2D eigenvalue weighted by Crippen LogP contribution is -2.56. The van der Waals surface area contributed by atoms with Gasteiger partial charge in [-0.25, -0.2) is 0 Å². The van der Waals surface area contributed by atoms with Gasteiger partial charge in [0.1, 0.15) is 0 Å². The van der Waals surface area contributed by atoms with Crippen LogP contribution in [-0.4, -0.2) is 46.8 Å². The number of carbonyl (C=O) groups is 2. The number of hydrogen-bond acceptors (Lipinski definition) is 3. The standard InChI is InChI=1S/C17H22N2O2S/c20-15-9-17(12-18(15)10-13-3-4-13)6-1-2-7-19(17)16(21)14-5-8-22-11-14/h5,8,11,13H,1-4,6-7,9-10,12H2/t17-/m0/s1. The number of carbonyl (C=O) groups excluding carboxylic acids is 2. The van der Waals surface area contributed by atoms with Crippen LogP contribution in [0.2, 0.25) is 0 Å². The van der Waals surface area contributed by atoms with Crippen molar-refractivity contribution >= 4 is 23.2 Å². The molecule has 1 saturated carbocycles. The average molecular weight is 318 g/mol. The quantitative estimate of drug-likeness (QED) is 0.860. The molecule has 2 amide bonds. The molecule has 3 heterocycles. The fraction of sp³-hybridized carbons (Fsp3) is 0.647. The first kappa shape index (κ1) is 14.2. The van der Waals surface area contributed by atoms with Crippen LogP contribution in [0.5, 0.6) is 0 Å². The normalized spacial score (nSPS) is 28.6. The van der Waals surface area contributed by atoms with Gasteiger partial charge in [0.2, 0.25) is 5.91 Å². The molecule has 0 radical (unpaired) electrons. The molecule has 0 aromatic carbocycles. The number of likely N-dealkylation sites (tertiary alicyclic amines) is 2. The second-order valence-corrected chi connectivity index (χ2v) is 7.82. The lowest BCUT2D eigenvalue weighted by Gasteiger charge is -2.44. The number of nitrogens with zero attached hydrogens (tertiary/aromatic N) is 2. The van der Waals surface area contributed by atoms with E-state index in [-0.39, 0.29) is 17.4 Å². The summed E-state index contributed by atoms with van der Waals surface area (Å²) in [6, 6.07) is 1.90. The lowest BCUT2D eigenvalue weighted by atomic mass is 9.85. The van der Waals surface area contributed by atoms with Crippen LogP contribution < -0.4 is 0 Å². The van der Waals surface area contributed by atoms with Crippen molar-refractivity contribution in [1.29, 1.82) is 0 Å². The summed E-state index contributed by atoms with van der Waals surface area (Å²) < 4.78 is 0. The van der Waals surface area contributed by atoms with E-state index in [1.807, 2.05) is 26.6 Å². The Bertz CT molecular complexity index is 581. The zero-order valence-electron chi connectivity index (χ0n) is 12.8. The van der Waals surface area contributed by atoms with Gasteiger partial charge in [0.05, 0.1) is 17.5 Å². The molecule has 1 aromatic rings. The van der Waals surface area contributed by atoms with E-state index in [0.717, 1.165) is 44.5 Å². The molecular weight excluding hydrogens is 296 g/mol. The van der Waals surface area contributed by atoms with Crippen molar-refractivity contribution < 1.29 is 9.59 Å². The van der Waals surface area contributed by atoms with Gasteiger partial charge >= 0.3 is 0 Å². The Balaban J connectivity index is 1.57. The molecule has 3 fully saturated rings. The zero-order valence-corrected chi connectivity index (χ0v) is 13.6. The van der Waals surface area contributed by atoms with Gasteiger partial charge in [0.15, 0.2) is 0 Å².